The monoisotopic (exact) mass is 553 g/mol. The summed E-state index contributed by atoms with van der Waals surface area (Å²) >= 11 is 0. The molecule has 0 radical (unpaired) electrons. The molecule has 1 aliphatic carbocycles. The average Bonchev–Trinajstić information content (AvgIpc) is 2.86. The zero-order chi connectivity index (χ0) is 28.6. The minimum atomic E-state index is -1.88. The van der Waals surface area contributed by atoms with Crippen molar-refractivity contribution in [3.05, 3.63) is 58.8 Å². The highest BCUT2D eigenvalue weighted by atomic mass is 16.7. The molecule has 0 bridgehead atoms. The van der Waals surface area contributed by atoms with Gasteiger partial charge in [0.2, 0.25) is 18.2 Å². The summed E-state index contributed by atoms with van der Waals surface area (Å²) in [7, 11) is 0. The lowest BCUT2D eigenvalue weighted by atomic mass is 9.96. The lowest BCUT2D eigenvalue weighted by molar-refractivity contribution is -0.291. The first kappa shape index (κ1) is 27.6. The molecule has 6 unspecified atom stereocenters. The number of carbonyl (C=O) groups excluding carboxylic acids is 1. The smallest absolute Gasteiger partial charge is 0.317 e. The zero-order valence-corrected chi connectivity index (χ0v) is 19.8. The Bertz CT molecular complexity index is 1270. The fourth-order valence-corrected chi connectivity index (χ4v) is 4.03. The predicted octanol–water partition coefficient (Wildman–Crippen LogP) is -0.952. The van der Waals surface area contributed by atoms with Gasteiger partial charge in [-0.2, -0.15) is 0 Å². The third-order valence-corrected chi connectivity index (χ3v) is 5.97. The van der Waals surface area contributed by atoms with E-state index in [2.05, 4.69) is 4.74 Å². The first-order chi connectivity index (χ1) is 18.3. The number of phenols is 3. The van der Waals surface area contributed by atoms with Gasteiger partial charge in [-0.25, -0.2) is 0 Å². The first-order valence-electron chi connectivity index (χ1n) is 11.3. The number of aliphatic hydroxyl groups excluding tert-OH is 5. The van der Waals surface area contributed by atoms with Crippen molar-refractivity contribution in [2.75, 3.05) is 6.61 Å². The second-order valence-electron chi connectivity index (χ2n) is 8.76. The maximum Gasteiger partial charge on any atom is 0.317 e. The van der Waals surface area contributed by atoms with E-state index in [0.29, 0.717) is 0 Å². The molecular weight excluding hydrogens is 528 g/mol. The van der Waals surface area contributed by atoms with E-state index in [1.54, 1.807) is 0 Å². The molecule has 1 aromatic carbocycles. The lowest BCUT2D eigenvalue weighted by Crippen LogP contribution is -2.59. The minimum Gasteiger partial charge on any atom is -0.571 e. The van der Waals surface area contributed by atoms with Crippen molar-refractivity contribution in [2.24, 2.45) is 0 Å². The number of phenolic OH excluding ortho intramolecular Hbond substituents is 3. The van der Waals surface area contributed by atoms with Gasteiger partial charge in [0.05, 0.1) is 17.2 Å². The standard InChI is InChI=1S/C24H24O15/c25-9-3-11(26)10-5-15(23(37-14(10)4-9)8-1-12(27)19(32)13(28)2-8)38-24-22(35)21(34)20(33)16(39-24)7-36-18(31)6-17(29)30/h1-5,14,16,20-22,24-28,32-35H,6-7H2,(H,29,30)/p+1. The summed E-state index contributed by atoms with van der Waals surface area (Å²) < 4.78 is 20.4. The summed E-state index contributed by atoms with van der Waals surface area (Å²) in [5.74, 6) is -5.90. The number of ether oxygens (including phenoxy) is 4. The van der Waals surface area contributed by atoms with Crippen molar-refractivity contribution >= 4 is 17.7 Å². The third kappa shape index (κ3) is 5.70. The van der Waals surface area contributed by atoms with Crippen molar-refractivity contribution in [1.29, 1.82) is 0 Å². The first-order valence-corrected chi connectivity index (χ1v) is 11.3. The summed E-state index contributed by atoms with van der Waals surface area (Å²) in [6.45, 7) is -0.705. The van der Waals surface area contributed by atoms with Crippen LogP contribution in [0, 0.1) is 0 Å². The Morgan fingerprint density at radius 2 is 1.62 bits per heavy atom. The van der Waals surface area contributed by atoms with Crippen LogP contribution in [0.5, 0.6) is 17.2 Å². The molecule has 0 saturated carbocycles. The second-order valence-corrected chi connectivity index (χ2v) is 8.76. The van der Waals surface area contributed by atoms with E-state index in [-0.39, 0.29) is 34.2 Å². The van der Waals surface area contributed by atoms with Crippen LogP contribution < -0.4 is 0 Å². The van der Waals surface area contributed by atoms with Gasteiger partial charge in [-0.1, -0.05) is 0 Å². The molecule has 0 spiro atoms. The van der Waals surface area contributed by atoms with E-state index in [1.165, 1.54) is 12.2 Å². The van der Waals surface area contributed by atoms with Crippen LogP contribution in [0.4, 0.5) is 0 Å². The molecule has 1 saturated heterocycles. The van der Waals surface area contributed by atoms with Crippen LogP contribution in [0.1, 0.15) is 12.0 Å². The normalized spacial score (nSPS) is 28.3. The molecule has 0 aromatic heterocycles. The Balaban J connectivity index is 1.68. The molecule has 1 fully saturated rings. The Labute approximate surface area is 218 Å². The second kappa shape index (κ2) is 10.7. The summed E-state index contributed by atoms with van der Waals surface area (Å²) in [4.78, 5) is 22.3. The van der Waals surface area contributed by atoms with E-state index in [4.69, 9.17) is 19.3 Å². The fourth-order valence-electron chi connectivity index (χ4n) is 4.03. The van der Waals surface area contributed by atoms with Crippen molar-refractivity contribution in [2.45, 2.75) is 43.2 Å². The summed E-state index contributed by atoms with van der Waals surface area (Å²) in [5, 5.41) is 89.7. The van der Waals surface area contributed by atoms with E-state index in [0.717, 1.165) is 18.2 Å². The number of carboxylic acids is 1. The van der Waals surface area contributed by atoms with Crippen LogP contribution in [-0.2, 0) is 23.8 Å². The molecule has 15 heteroatoms. The van der Waals surface area contributed by atoms with E-state index < -0.39 is 79.0 Å². The maximum absolute atomic E-state index is 11.6. The number of fused-ring (bicyclic) bond motifs is 1. The van der Waals surface area contributed by atoms with Crippen LogP contribution >= 0.6 is 0 Å². The average molecular weight is 553 g/mol. The van der Waals surface area contributed by atoms with Gasteiger partial charge in [-0.05, 0) is 0 Å². The number of aliphatic carboxylic acids is 1. The van der Waals surface area contributed by atoms with Crippen molar-refractivity contribution < 1.29 is 74.5 Å². The molecule has 4 rings (SSSR count). The van der Waals surface area contributed by atoms with Crippen LogP contribution in [-0.4, -0.2) is 106 Å². The third-order valence-electron chi connectivity index (χ3n) is 5.97. The predicted molar refractivity (Wildman–Crippen MR) is 125 cm³/mol. The Morgan fingerprint density at radius 1 is 0.949 bits per heavy atom. The fraction of sp³-hybridized carbons (Fsp3) is 0.333. The van der Waals surface area contributed by atoms with Gasteiger partial charge in [-0.15, -0.1) is 0 Å². The van der Waals surface area contributed by atoms with Gasteiger partial charge in [0.25, 0.3) is 0 Å². The highest BCUT2D eigenvalue weighted by Crippen LogP contribution is 2.41. The van der Waals surface area contributed by atoms with Crippen LogP contribution in [0.25, 0.3) is 5.76 Å². The molecule has 6 atom stereocenters. The van der Waals surface area contributed by atoms with E-state index in [1.807, 2.05) is 0 Å². The van der Waals surface area contributed by atoms with E-state index >= 15 is 0 Å². The molecule has 2 aliphatic heterocycles. The largest absolute Gasteiger partial charge is 0.571 e. The number of rotatable bonds is 7. The molecule has 15 nitrogen and oxygen atoms in total. The van der Waals surface area contributed by atoms with Gasteiger partial charge in [0.1, 0.15) is 49.0 Å². The molecule has 39 heavy (non-hydrogen) atoms. The molecule has 10 N–H and O–H groups in total. The van der Waals surface area contributed by atoms with Crippen molar-refractivity contribution in [1.82, 2.24) is 0 Å². The lowest BCUT2D eigenvalue weighted by Gasteiger charge is -2.40. The summed E-state index contributed by atoms with van der Waals surface area (Å²) in [6, 6.07) is 2.05. The van der Waals surface area contributed by atoms with Crippen LogP contribution in [0.3, 0.4) is 0 Å². The highest BCUT2D eigenvalue weighted by Gasteiger charge is 2.47. The molecule has 1 aromatic rings. The van der Waals surface area contributed by atoms with Crippen molar-refractivity contribution in [3.8, 4) is 17.2 Å². The highest BCUT2D eigenvalue weighted by molar-refractivity contribution is 5.90. The van der Waals surface area contributed by atoms with Gasteiger partial charge in [0.15, 0.2) is 17.2 Å². The number of esters is 1. The number of carboxylic acid groups (broad SMARTS) is 1. The van der Waals surface area contributed by atoms with Crippen LogP contribution in [0.15, 0.2) is 53.2 Å². The van der Waals surface area contributed by atoms with Gasteiger partial charge >= 0.3 is 17.7 Å². The SMILES string of the molecule is O=C(O)CC(=O)OCC1OC(OC2=C(c3cc(O)c(O)c(O)c3)[OH+]C3C=C(O)C=C(O)C3=C2)C(O)C(O)C1O. The number of hydrogen-bond donors (Lipinski definition) is 9. The Hall–Kier alpha value is -4.44. The number of allylic oxidation sites excluding steroid dienone is 2. The molecule has 3 aliphatic rings. The van der Waals surface area contributed by atoms with Gasteiger partial charge in [-0.3, -0.25) is 9.59 Å². The van der Waals surface area contributed by atoms with Crippen LogP contribution in [0.2, 0.25) is 0 Å². The van der Waals surface area contributed by atoms with E-state index in [9.17, 15) is 50.4 Å². The van der Waals surface area contributed by atoms with Gasteiger partial charge in [0, 0.05) is 24.3 Å². The van der Waals surface area contributed by atoms with Gasteiger partial charge < -0.3 is 64.9 Å². The number of hydrogen-bond acceptors (Lipinski definition) is 13. The topological polar surface area (TPSA) is 257 Å². The number of aromatic hydroxyl groups is 3. The Kier molecular flexibility index (Phi) is 7.60. The Morgan fingerprint density at radius 3 is 2.26 bits per heavy atom. The number of aliphatic hydroxyl groups is 7. The molecule has 210 valence electrons. The summed E-state index contributed by atoms with van der Waals surface area (Å²) in [5.41, 5.74) is 0.115. The molecule has 0 amide bonds. The number of benzene rings is 1. The number of carbonyl (C=O) groups is 2. The van der Waals surface area contributed by atoms with Crippen molar-refractivity contribution in [3.63, 3.8) is 0 Å². The molecule has 2 heterocycles. The minimum absolute atomic E-state index is 0.0138. The quantitative estimate of drug-likeness (QED) is 0.0854. The summed E-state index contributed by atoms with van der Waals surface area (Å²) in [6.07, 6.45) is -7.11. The zero-order valence-electron chi connectivity index (χ0n) is 19.8. The maximum atomic E-state index is 11.6. The molecular formula is C24H25O15+.